The Kier molecular flexibility index (Phi) is 6.81. The summed E-state index contributed by atoms with van der Waals surface area (Å²) >= 11 is 6.75. The first-order chi connectivity index (χ1) is 15.7. The van der Waals surface area contributed by atoms with Gasteiger partial charge in [-0.1, -0.05) is 78.3 Å². The first-order valence-electron chi connectivity index (χ1n) is 11.6. The zero-order valence-corrected chi connectivity index (χ0v) is 20.4. The van der Waals surface area contributed by atoms with Gasteiger partial charge >= 0.3 is 5.97 Å². The van der Waals surface area contributed by atoms with Crippen molar-refractivity contribution in [3.8, 4) is 0 Å². The predicted molar refractivity (Wildman–Crippen MR) is 136 cm³/mol. The molecule has 1 fully saturated rings. The van der Waals surface area contributed by atoms with Crippen LogP contribution in [0, 0.1) is 0 Å². The molecule has 0 saturated heterocycles. The monoisotopic (exact) mass is 461 g/mol. The van der Waals surface area contributed by atoms with Crippen LogP contribution in [0.3, 0.4) is 0 Å². The van der Waals surface area contributed by atoms with Crippen molar-refractivity contribution in [3.05, 3.63) is 101 Å². The van der Waals surface area contributed by atoms with Gasteiger partial charge in [-0.3, -0.25) is 4.79 Å². The molecule has 0 atom stereocenters. The van der Waals surface area contributed by atoms with Crippen molar-refractivity contribution in [3.63, 3.8) is 0 Å². The topological polar surface area (TPSA) is 29.5 Å². The Hall–Kier alpha value is -2.78. The summed E-state index contributed by atoms with van der Waals surface area (Å²) in [5, 5.41) is 0.721. The van der Waals surface area contributed by atoms with E-state index in [2.05, 4.69) is 65.6 Å². The molecule has 3 aromatic carbocycles. The first kappa shape index (κ1) is 23.4. The summed E-state index contributed by atoms with van der Waals surface area (Å²) < 4.78 is 5.62. The van der Waals surface area contributed by atoms with E-state index in [-0.39, 0.29) is 11.4 Å². The van der Waals surface area contributed by atoms with Crippen LogP contribution >= 0.6 is 11.6 Å². The minimum Gasteiger partial charge on any atom is -0.460 e. The fourth-order valence-corrected chi connectivity index (χ4v) is 4.53. The van der Waals surface area contributed by atoms with Crippen LogP contribution in [0.25, 0.3) is 0 Å². The van der Waals surface area contributed by atoms with Gasteiger partial charge in [-0.2, -0.15) is 0 Å². The second-order valence-corrected chi connectivity index (χ2v) is 10.4. The molecule has 0 heterocycles. The van der Waals surface area contributed by atoms with Crippen molar-refractivity contribution in [2.75, 3.05) is 4.90 Å². The third-order valence-corrected chi connectivity index (χ3v) is 6.41. The maximum atomic E-state index is 12.6. The SMILES string of the molecule is CC(C)(C)OC(=O)CC1(c2ccc(Cl)c(N(Cc3ccccc3)Cc3ccccc3)c2)CC1. The summed E-state index contributed by atoms with van der Waals surface area (Å²) in [5.41, 5.74) is 4.00. The second-order valence-electron chi connectivity index (χ2n) is 10.0. The normalized spacial score (nSPS) is 14.5. The van der Waals surface area contributed by atoms with Gasteiger partial charge in [0.25, 0.3) is 0 Å². The molecule has 1 aliphatic carbocycles. The van der Waals surface area contributed by atoms with Crippen molar-refractivity contribution in [1.82, 2.24) is 0 Å². The molecule has 172 valence electrons. The van der Waals surface area contributed by atoms with Gasteiger partial charge in [-0.25, -0.2) is 0 Å². The van der Waals surface area contributed by atoms with E-state index in [1.165, 1.54) is 16.7 Å². The fraction of sp³-hybridized carbons (Fsp3) is 0.345. The van der Waals surface area contributed by atoms with Crippen molar-refractivity contribution in [2.24, 2.45) is 0 Å². The van der Waals surface area contributed by atoms with Crippen LogP contribution < -0.4 is 4.90 Å². The van der Waals surface area contributed by atoms with E-state index in [1.807, 2.05) is 39.0 Å². The van der Waals surface area contributed by atoms with E-state index < -0.39 is 5.60 Å². The van der Waals surface area contributed by atoms with Gasteiger partial charge < -0.3 is 9.64 Å². The zero-order chi connectivity index (χ0) is 23.5. The number of anilines is 1. The number of halogens is 1. The predicted octanol–water partition coefficient (Wildman–Crippen LogP) is 7.31. The van der Waals surface area contributed by atoms with Gasteiger partial charge in [0, 0.05) is 18.5 Å². The van der Waals surface area contributed by atoms with Crippen molar-refractivity contribution in [2.45, 2.75) is 64.1 Å². The minimum atomic E-state index is -0.472. The van der Waals surface area contributed by atoms with Crippen LogP contribution in [0.1, 0.15) is 56.7 Å². The molecule has 1 aliphatic rings. The average Bonchev–Trinajstić information content (AvgIpc) is 3.54. The van der Waals surface area contributed by atoms with Crippen LogP contribution in [0.15, 0.2) is 78.9 Å². The third-order valence-electron chi connectivity index (χ3n) is 6.09. The second kappa shape index (κ2) is 9.61. The number of carbonyl (C=O) groups is 1. The zero-order valence-electron chi connectivity index (χ0n) is 19.7. The molecule has 4 heteroatoms. The molecule has 33 heavy (non-hydrogen) atoms. The van der Waals surface area contributed by atoms with Crippen LogP contribution in [0.5, 0.6) is 0 Å². The number of carbonyl (C=O) groups excluding carboxylic acids is 1. The summed E-state index contributed by atoms with van der Waals surface area (Å²) in [6.07, 6.45) is 2.39. The van der Waals surface area contributed by atoms with E-state index in [1.54, 1.807) is 0 Å². The lowest BCUT2D eigenvalue weighted by Crippen LogP contribution is -2.27. The highest BCUT2D eigenvalue weighted by atomic mass is 35.5. The standard InChI is InChI=1S/C29H32ClNO2/c1-28(2,3)33-27(32)19-29(16-17-29)24-14-15-25(30)26(18-24)31(20-22-10-6-4-7-11-22)21-23-12-8-5-9-13-23/h4-15,18H,16-17,19-21H2,1-3H3. The number of rotatable bonds is 8. The van der Waals surface area contributed by atoms with Crippen LogP contribution in [-0.4, -0.2) is 11.6 Å². The summed E-state index contributed by atoms with van der Waals surface area (Å²) in [4.78, 5) is 14.9. The van der Waals surface area contributed by atoms with Crippen LogP contribution in [-0.2, 0) is 28.0 Å². The molecule has 4 rings (SSSR count). The molecule has 0 aliphatic heterocycles. The Morgan fingerprint density at radius 2 is 1.45 bits per heavy atom. The minimum absolute atomic E-state index is 0.137. The largest absolute Gasteiger partial charge is 0.460 e. The lowest BCUT2D eigenvalue weighted by atomic mass is 9.91. The number of nitrogens with zero attached hydrogens (tertiary/aromatic N) is 1. The molecule has 3 aromatic rings. The van der Waals surface area contributed by atoms with E-state index in [9.17, 15) is 4.79 Å². The highest BCUT2D eigenvalue weighted by molar-refractivity contribution is 6.33. The molecule has 0 spiro atoms. The molecule has 1 saturated carbocycles. The van der Waals surface area contributed by atoms with Crippen LogP contribution in [0.4, 0.5) is 5.69 Å². The van der Waals surface area contributed by atoms with E-state index in [0.717, 1.165) is 36.6 Å². The average molecular weight is 462 g/mol. The van der Waals surface area contributed by atoms with Gasteiger partial charge in [-0.05, 0) is 62.4 Å². The molecule has 0 radical (unpaired) electrons. The van der Waals surface area contributed by atoms with E-state index in [4.69, 9.17) is 16.3 Å². The fourth-order valence-electron chi connectivity index (χ4n) is 4.29. The smallest absolute Gasteiger partial charge is 0.307 e. The third kappa shape index (κ3) is 6.17. The Labute approximate surface area is 202 Å². The number of benzene rings is 3. The molecule has 0 aromatic heterocycles. The summed E-state index contributed by atoms with van der Waals surface area (Å²) in [6, 6.07) is 27.1. The highest BCUT2D eigenvalue weighted by Gasteiger charge is 2.47. The maximum Gasteiger partial charge on any atom is 0.307 e. The Bertz CT molecular complexity index is 1040. The highest BCUT2D eigenvalue weighted by Crippen LogP contribution is 2.52. The van der Waals surface area contributed by atoms with Crippen molar-refractivity contribution >= 4 is 23.3 Å². The molecule has 0 unspecified atom stereocenters. The quantitative estimate of drug-likeness (QED) is 0.329. The summed E-state index contributed by atoms with van der Waals surface area (Å²) in [7, 11) is 0. The van der Waals surface area contributed by atoms with Gasteiger partial charge in [0.1, 0.15) is 5.60 Å². The first-order valence-corrected chi connectivity index (χ1v) is 12.0. The molecule has 0 bridgehead atoms. The lowest BCUT2D eigenvalue weighted by Gasteiger charge is -2.28. The van der Waals surface area contributed by atoms with Gasteiger partial charge in [-0.15, -0.1) is 0 Å². The Balaban J connectivity index is 1.63. The van der Waals surface area contributed by atoms with Gasteiger partial charge in [0.2, 0.25) is 0 Å². The number of ether oxygens (including phenoxy) is 1. The van der Waals surface area contributed by atoms with Gasteiger partial charge in [0.15, 0.2) is 0 Å². The maximum absolute atomic E-state index is 12.6. The number of esters is 1. The molecular formula is C29H32ClNO2. The number of hydrogen-bond acceptors (Lipinski definition) is 3. The Morgan fingerprint density at radius 3 is 1.94 bits per heavy atom. The van der Waals surface area contributed by atoms with E-state index in [0.29, 0.717) is 6.42 Å². The van der Waals surface area contributed by atoms with Gasteiger partial charge in [0.05, 0.1) is 17.1 Å². The lowest BCUT2D eigenvalue weighted by molar-refractivity contribution is -0.155. The number of hydrogen-bond donors (Lipinski definition) is 0. The van der Waals surface area contributed by atoms with Crippen molar-refractivity contribution in [1.29, 1.82) is 0 Å². The molecular weight excluding hydrogens is 430 g/mol. The molecule has 0 amide bonds. The molecule has 3 nitrogen and oxygen atoms in total. The van der Waals surface area contributed by atoms with Crippen LogP contribution in [0.2, 0.25) is 5.02 Å². The Morgan fingerprint density at radius 1 is 0.909 bits per heavy atom. The van der Waals surface area contributed by atoms with E-state index >= 15 is 0 Å². The van der Waals surface area contributed by atoms with Crippen molar-refractivity contribution < 1.29 is 9.53 Å². The molecule has 0 N–H and O–H groups in total. The summed E-state index contributed by atoms with van der Waals surface area (Å²) in [5.74, 6) is -0.137. The summed E-state index contributed by atoms with van der Waals surface area (Å²) in [6.45, 7) is 7.23.